The molecule has 6 nitrogen and oxygen atoms in total. The second-order valence-corrected chi connectivity index (χ2v) is 7.25. The van der Waals surface area contributed by atoms with E-state index in [4.69, 9.17) is 4.74 Å². The Kier molecular flexibility index (Phi) is 7.44. The van der Waals surface area contributed by atoms with E-state index in [1.54, 1.807) is 0 Å². The number of benzene rings is 2. The molecular weight excluding hydrogens is 354 g/mol. The predicted molar refractivity (Wildman–Crippen MR) is 111 cm³/mol. The molecular formula is C22H29N3O3. The van der Waals surface area contributed by atoms with E-state index in [0.29, 0.717) is 5.75 Å². The zero-order chi connectivity index (χ0) is 20.7. The lowest BCUT2D eigenvalue weighted by Gasteiger charge is -2.15. The zero-order valence-electron chi connectivity index (χ0n) is 17.2. The molecule has 3 N–H and O–H groups in total. The molecule has 0 saturated carbocycles. The average molecular weight is 383 g/mol. The van der Waals surface area contributed by atoms with Gasteiger partial charge in [0, 0.05) is 5.69 Å². The van der Waals surface area contributed by atoms with Crippen molar-refractivity contribution in [3.63, 3.8) is 0 Å². The fourth-order valence-corrected chi connectivity index (χ4v) is 2.79. The normalized spacial score (nSPS) is 10.5. The number of hydrazine groups is 1. The van der Waals surface area contributed by atoms with Gasteiger partial charge in [-0.15, -0.1) is 0 Å². The lowest BCUT2D eigenvalue weighted by atomic mass is 10.0. The molecule has 150 valence electrons. The van der Waals surface area contributed by atoms with E-state index in [2.05, 4.69) is 30.0 Å². The van der Waals surface area contributed by atoms with Gasteiger partial charge in [0.2, 0.25) is 0 Å². The molecule has 0 aromatic heterocycles. The molecule has 2 rings (SSSR count). The van der Waals surface area contributed by atoms with Crippen LogP contribution in [0.4, 0.5) is 5.69 Å². The van der Waals surface area contributed by atoms with Crippen molar-refractivity contribution in [2.75, 3.05) is 18.5 Å². The minimum absolute atomic E-state index is 0.0560. The summed E-state index contributed by atoms with van der Waals surface area (Å²) in [5.41, 5.74) is 9.97. The molecule has 0 spiro atoms. The van der Waals surface area contributed by atoms with Gasteiger partial charge >= 0.3 is 0 Å². The minimum Gasteiger partial charge on any atom is -0.483 e. The standard InChI is InChI=1S/C22H29N3O3/c1-14(2)18-8-6-16(4)11-20(18)28-13-22(27)25-24-21(26)12-23-19-9-7-15(3)10-17(19)5/h6-11,14,23H,12-13H2,1-5H3,(H,24,26)(H,25,27). The highest BCUT2D eigenvalue weighted by Gasteiger charge is 2.11. The molecule has 2 amide bonds. The molecule has 0 bridgehead atoms. The fraction of sp³-hybridized carbons (Fsp3) is 0.364. The lowest BCUT2D eigenvalue weighted by molar-refractivity contribution is -0.129. The summed E-state index contributed by atoms with van der Waals surface area (Å²) >= 11 is 0. The number of aryl methyl sites for hydroxylation is 3. The molecule has 0 saturated heterocycles. The van der Waals surface area contributed by atoms with E-state index < -0.39 is 5.91 Å². The molecule has 0 aliphatic rings. The molecule has 0 unspecified atom stereocenters. The SMILES string of the molecule is Cc1ccc(NCC(=O)NNC(=O)COc2cc(C)ccc2C(C)C)c(C)c1. The van der Waals surface area contributed by atoms with Gasteiger partial charge in [-0.3, -0.25) is 20.4 Å². The Morgan fingerprint density at radius 2 is 1.57 bits per heavy atom. The van der Waals surface area contributed by atoms with E-state index in [0.717, 1.165) is 27.9 Å². The quantitative estimate of drug-likeness (QED) is 0.641. The summed E-state index contributed by atoms with van der Waals surface area (Å²) in [7, 11) is 0. The van der Waals surface area contributed by atoms with Crippen molar-refractivity contribution in [3.8, 4) is 5.75 Å². The first-order valence-electron chi connectivity index (χ1n) is 9.38. The number of carbonyl (C=O) groups is 2. The van der Waals surface area contributed by atoms with Crippen LogP contribution in [0.2, 0.25) is 0 Å². The van der Waals surface area contributed by atoms with Gasteiger partial charge < -0.3 is 10.1 Å². The maximum absolute atomic E-state index is 12.0. The van der Waals surface area contributed by atoms with Crippen molar-refractivity contribution in [1.29, 1.82) is 0 Å². The monoisotopic (exact) mass is 383 g/mol. The summed E-state index contributed by atoms with van der Waals surface area (Å²) in [5.74, 6) is 0.213. The molecule has 6 heteroatoms. The molecule has 0 atom stereocenters. The van der Waals surface area contributed by atoms with Gasteiger partial charge in [-0.1, -0.05) is 43.7 Å². The first-order valence-corrected chi connectivity index (χ1v) is 9.38. The first-order chi connectivity index (χ1) is 13.3. The van der Waals surface area contributed by atoms with Gasteiger partial charge in [0.15, 0.2) is 6.61 Å². The summed E-state index contributed by atoms with van der Waals surface area (Å²) in [4.78, 5) is 23.9. The highest BCUT2D eigenvalue weighted by Crippen LogP contribution is 2.27. The van der Waals surface area contributed by atoms with E-state index in [-0.39, 0.29) is 25.0 Å². The molecule has 0 aliphatic heterocycles. The maximum atomic E-state index is 12.0. The number of carbonyl (C=O) groups excluding carboxylic acids is 2. The van der Waals surface area contributed by atoms with Crippen LogP contribution in [0, 0.1) is 20.8 Å². The Hall–Kier alpha value is -3.02. The van der Waals surface area contributed by atoms with Gasteiger partial charge in [-0.25, -0.2) is 0 Å². The summed E-state index contributed by atoms with van der Waals surface area (Å²) in [6, 6.07) is 11.9. The van der Waals surface area contributed by atoms with Crippen molar-refractivity contribution in [2.45, 2.75) is 40.5 Å². The smallest absolute Gasteiger partial charge is 0.276 e. The molecule has 2 aromatic rings. The topological polar surface area (TPSA) is 79.5 Å². The number of ether oxygens (including phenoxy) is 1. The van der Waals surface area contributed by atoms with Crippen LogP contribution in [0.15, 0.2) is 36.4 Å². The van der Waals surface area contributed by atoms with Crippen molar-refractivity contribution in [1.82, 2.24) is 10.9 Å². The lowest BCUT2D eigenvalue weighted by Crippen LogP contribution is -2.46. The number of hydrogen-bond acceptors (Lipinski definition) is 4. The van der Waals surface area contributed by atoms with Crippen LogP contribution in [0.25, 0.3) is 0 Å². The van der Waals surface area contributed by atoms with Gasteiger partial charge in [0.25, 0.3) is 11.8 Å². The largest absolute Gasteiger partial charge is 0.483 e. The van der Waals surface area contributed by atoms with E-state index >= 15 is 0 Å². The Labute approximate surface area is 166 Å². The molecule has 0 heterocycles. The Bertz CT molecular complexity index is 847. The number of rotatable bonds is 7. The number of anilines is 1. The highest BCUT2D eigenvalue weighted by molar-refractivity contribution is 5.85. The van der Waals surface area contributed by atoms with E-state index in [9.17, 15) is 9.59 Å². The molecule has 0 radical (unpaired) electrons. The van der Waals surface area contributed by atoms with Gasteiger partial charge in [-0.05, 0) is 55.5 Å². The van der Waals surface area contributed by atoms with Crippen molar-refractivity contribution in [2.24, 2.45) is 0 Å². The molecule has 0 fully saturated rings. The number of nitrogens with one attached hydrogen (secondary N) is 3. The van der Waals surface area contributed by atoms with Crippen LogP contribution in [0.5, 0.6) is 5.75 Å². The van der Waals surface area contributed by atoms with Gasteiger partial charge in [-0.2, -0.15) is 0 Å². The van der Waals surface area contributed by atoms with Gasteiger partial charge in [0.1, 0.15) is 5.75 Å². The summed E-state index contributed by atoms with van der Waals surface area (Å²) in [6.07, 6.45) is 0. The maximum Gasteiger partial charge on any atom is 0.276 e. The van der Waals surface area contributed by atoms with Crippen molar-refractivity contribution < 1.29 is 14.3 Å². The molecule has 0 aliphatic carbocycles. The van der Waals surface area contributed by atoms with Crippen molar-refractivity contribution >= 4 is 17.5 Å². The zero-order valence-corrected chi connectivity index (χ0v) is 17.2. The van der Waals surface area contributed by atoms with Crippen LogP contribution in [0.3, 0.4) is 0 Å². The first kappa shape index (κ1) is 21.3. The van der Waals surface area contributed by atoms with Crippen LogP contribution < -0.4 is 20.9 Å². The minimum atomic E-state index is -0.420. The third-order valence-corrected chi connectivity index (χ3v) is 4.31. The van der Waals surface area contributed by atoms with E-state index in [1.807, 2.05) is 57.2 Å². The second-order valence-electron chi connectivity index (χ2n) is 7.25. The highest BCUT2D eigenvalue weighted by atomic mass is 16.5. The summed E-state index contributed by atoms with van der Waals surface area (Å²) in [5, 5.41) is 3.05. The second kappa shape index (κ2) is 9.78. The fourth-order valence-electron chi connectivity index (χ4n) is 2.79. The summed E-state index contributed by atoms with van der Waals surface area (Å²) in [6.45, 7) is 9.99. The molecule has 28 heavy (non-hydrogen) atoms. The van der Waals surface area contributed by atoms with Gasteiger partial charge in [0.05, 0.1) is 6.54 Å². The number of amides is 2. The Morgan fingerprint density at radius 1 is 0.929 bits per heavy atom. The van der Waals surface area contributed by atoms with Crippen LogP contribution in [0.1, 0.15) is 42.0 Å². The molecule has 2 aromatic carbocycles. The van der Waals surface area contributed by atoms with Crippen LogP contribution in [-0.4, -0.2) is 25.0 Å². The van der Waals surface area contributed by atoms with Crippen LogP contribution in [-0.2, 0) is 9.59 Å². The van der Waals surface area contributed by atoms with Crippen molar-refractivity contribution in [3.05, 3.63) is 58.7 Å². The van der Waals surface area contributed by atoms with E-state index in [1.165, 1.54) is 0 Å². The number of hydrogen-bond donors (Lipinski definition) is 3. The third kappa shape index (κ3) is 6.30. The predicted octanol–water partition coefficient (Wildman–Crippen LogP) is 3.37. The Morgan fingerprint density at radius 3 is 2.25 bits per heavy atom. The van der Waals surface area contributed by atoms with Crippen LogP contribution >= 0.6 is 0 Å². The summed E-state index contributed by atoms with van der Waals surface area (Å²) < 4.78 is 5.65. The average Bonchev–Trinajstić information content (AvgIpc) is 2.63. The third-order valence-electron chi connectivity index (χ3n) is 4.31. The Balaban J connectivity index is 1.78.